The number of benzene rings is 2. The molecule has 0 aliphatic carbocycles. The van der Waals surface area contributed by atoms with E-state index in [0.29, 0.717) is 37.6 Å². The van der Waals surface area contributed by atoms with Crippen LogP contribution in [-0.2, 0) is 13.2 Å². The number of hydrogen-bond acceptors (Lipinski definition) is 4. The fourth-order valence-electron chi connectivity index (χ4n) is 3.02. The molecule has 0 radical (unpaired) electrons. The second-order valence-electron chi connectivity index (χ2n) is 6.80. The van der Waals surface area contributed by atoms with Crippen molar-refractivity contribution in [1.82, 2.24) is 4.90 Å². The van der Waals surface area contributed by atoms with Crippen molar-refractivity contribution in [1.29, 1.82) is 0 Å². The van der Waals surface area contributed by atoms with E-state index in [4.69, 9.17) is 10.5 Å². The molecule has 2 aromatic carbocycles. The van der Waals surface area contributed by atoms with Gasteiger partial charge in [-0.05, 0) is 65.1 Å². The highest BCUT2D eigenvalue weighted by Gasteiger charge is 2.21. The molecule has 0 atom stereocenters. The first-order valence-corrected chi connectivity index (χ1v) is 11.2. The van der Waals surface area contributed by atoms with Crippen molar-refractivity contribution in [2.75, 3.05) is 13.1 Å². The van der Waals surface area contributed by atoms with Gasteiger partial charge in [0, 0.05) is 11.4 Å². The lowest BCUT2D eigenvalue weighted by Gasteiger charge is -2.23. The molecule has 0 saturated carbocycles. The van der Waals surface area contributed by atoms with Crippen LogP contribution in [0, 0.1) is 6.92 Å². The summed E-state index contributed by atoms with van der Waals surface area (Å²) in [5.41, 5.74) is 8.54. The monoisotopic (exact) mass is 472 g/mol. The second kappa shape index (κ2) is 10.6. The predicted molar refractivity (Wildman–Crippen MR) is 122 cm³/mol. The topological polar surface area (TPSA) is 55.6 Å². The summed E-state index contributed by atoms with van der Waals surface area (Å²) in [6, 6.07) is 19.5. The van der Waals surface area contributed by atoms with E-state index in [0.717, 1.165) is 15.8 Å². The van der Waals surface area contributed by atoms with Crippen LogP contribution in [0.1, 0.15) is 32.8 Å². The fourth-order valence-corrected chi connectivity index (χ4v) is 4.86. The van der Waals surface area contributed by atoms with Crippen molar-refractivity contribution in [2.24, 2.45) is 5.73 Å². The van der Waals surface area contributed by atoms with Crippen molar-refractivity contribution in [3.63, 3.8) is 0 Å². The molecule has 2 N–H and O–H groups in total. The van der Waals surface area contributed by atoms with Crippen LogP contribution in [0.2, 0.25) is 0 Å². The Hall–Kier alpha value is -2.15. The summed E-state index contributed by atoms with van der Waals surface area (Å²) in [5, 5.41) is 0. The number of hydrogen-bond donors (Lipinski definition) is 1. The minimum Gasteiger partial charge on any atom is -0.488 e. The quantitative estimate of drug-likeness (QED) is 0.454. The van der Waals surface area contributed by atoms with Crippen LogP contribution in [0.15, 0.2) is 64.5 Å². The number of nitrogens with two attached hydrogens (primary N) is 1. The molecule has 0 bridgehead atoms. The molecule has 1 heterocycles. The molecule has 0 unspecified atom stereocenters. The number of ether oxygens (including phenoxy) is 1. The van der Waals surface area contributed by atoms with Gasteiger partial charge in [-0.2, -0.15) is 0 Å². The van der Waals surface area contributed by atoms with Gasteiger partial charge in [0.1, 0.15) is 12.4 Å². The summed E-state index contributed by atoms with van der Waals surface area (Å²) in [6.07, 6.45) is 0.754. The van der Waals surface area contributed by atoms with Gasteiger partial charge >= 0.3 is 0 Å². The first-order valence-electron chi connectivity index (χ1n) is 9.58. The second-order valence-corrected chi connectivity index (χ2v) is 9.31. The highest BCUT2D eigenvalue weighted by Crippen LogP contribution is 2.29. The maximum Gasteiger partial charge on any atom is 0.257 e. The van der Waals surface area contributed by atoms with Gasteiger partial charge in [-0.25, -0.2) is 0 Å². The number of carbonyl (C=O) groups excluding carboxylic acids is 1. The lowest BCUT2D eigenvalue weighted by molar-refractivity contribution is 0.0739. The molecule has 4 nitrogen and oxygen atoms in total. The summed E-state index contributed by atoms with van der Waals surface area (Å²) >= 11 is 5.20. The Labute approximate surface area is 184 Å². The molecule has 0 fully saturated rings. The van der Waals surface area contributed by atoms with Crippen LogP contribution in [0.5, 0.6) is 5.75 Å². The number of nitrogens with zero attached hydrogens (tertiary/aromatic N) is 1. The number of rotatable bonds is 9. The van der Waals surface area contributed by atoms with Gasteiger partial charge < -0.3 is 15.4 Å². The van der Waals surface area contributed by atoms with Crippen molar-refractivity contribution >= 4 is 33.2 Å². The predicted octanol–water partition coefficient (Wildman–Crippen LogP) is 5.39. The van der Waals surface area contributed by atoms with E-state index >= 15 is 0 Å². The zero-order valence-corrected chi connectivity index (χ0v) is 18.8. The normalized spacial score (nSPS) is 10.7. The van der Waals surface area contributed by atoms with Gasteiger partial charge in [0.15, 0.2) is 0 Å². The van der Waals surface area contributed by atoms with Crippen LogP contribution in [0.25, 0.3) is 0 Å². The van der Waals surface area contributed by atoms with Gasteiger partial charge in [0.05, 0.1) is 15.9 Å². The van der Waals surface area contributed by atoms with Crippen molar-refractivity contribution in [2.45, 2.75) is 26.5 Å². The van der Waals surface area contributed by atoms with Gasteiger partial charge in [0.2, 0.25) is 0 Å². The number of carbonyl (C=O) groups is 1. The Bertz CT molecular complexity index is 943. The maximum atomic E-state index is 13.4. The standard InChI is InChI=1S/C23H25BrN2O2S/c1-17-14-22(24)29-21(17)15-26(13-7-12-25)23(27)19-10-5-6-11-20(19)28-16-18-8-3-2-4-9-18/h2-6,8-11,14H,7,12-13,15-16,25H2,1H3. The van der Waals surface area contributed by atoms with Crippen molar-refractivity contribution in [3.05, 3.63) is 86.0 Å². The molecule has 1 amide bonds. The van der Waals surface area contributed by atoms with Crippen LogP contribution in [0.4, 0.5) is 0 Å². The Balaban J connectivity index is 1.80. The average molecular weight is 473 g/mol. The summed E-state index contributed by atoms with van der Waals surface area (Å²) in [5.74, 6) is 0.564. The summed E-state index contributed by atoms with van der Waals surface area (Å²) in [6.45, 7) is 4.21. The molecule has 3 aromatic rings. The van der Waals surface area contributed by atoms with Crippen molar-refractivity contribution < 1.29 is 9.53 Å². The van der Waals surface area contributed by atoms with E-state index in [1.54, 1.807) is 11.3 Å². The number of halogens is 1. The molecule has 152 valence electrons. The van der Waals surface area contributed by atoms with Crippen LogP contribution in [0.3, 0.4) is 0 Å². The summed E-state index contributed by atoms with van der Waals surface area (Å²) in [7, 11) is 0. The van der Waals surface area contributed by atoms with E-state index in [2.05, 4.69) is 28.9 Å². The van der Waals surface area contributed by atoms with E-state index in [1.807, 2.05) is 59.5 Å². The van der Waals surface area contributed by atoms with E-state index in [-0.39, 0.29) is 5.91 Å². The maximum absolute atomic E-state index is 13.4. The number of para-hydroxylation sites is 1. The number of aryl methyl sites for hydroxylation is 1. The molecule has 0 aliphatic rings. The molecule has 3 rings (SSSR count). The third-order valence-corrected chi connectivity index (χ3v) is 6.32. The number of thiophene rings is 1. The first kappa shape index (κ1) is 21.6. The molecular formula is C23H25BrN2O2S. The molecule has 0 spiro atoms. The first-order chi connectivity index (χ1) is 14.1. The smallest absolute Gasteiger partial charge is 0.257 e. The van der Waals surface area contributed by atoms with E-state index in [9.17, 15) is 4.79 Å². The Morgan fingerprint density at radius 3 is 2.55 bits per heavy atom. The van der Waals surface area contributed by atoms with E-state index in [1.165, 1.54) is 10.4 Å². The van der Waals surface area contributed by atoms with E-state index < -0.39 is 0 Å². The van der Waals surface area contributed by atoms with Crippen LogP contribution >= 0.6 is 27.3 Å². The molecule has 0 saturated heterocycles. The highest BCUT2D eigenvalue weighted by molar-refractivity contribution is 9.11. The molecule has 0 aliphatic heterocycles. The largest absolute Gasteiger partial charge is 0.488 e. The average Bonchev–Trinajstić information content (AvgIpc) is 3.06. The third kappa shape index (κ3) is 5.92. The lowest BCUT2D eigenvalue weighted by Crippen LogP contribution is -2.32. The lowest BCUT2D eigenvalue weighted by atomic mass is 10.1. The number of amides is 1. The van der Waals surface area contributed by atoms with Crippen LogP contribution < -0.4 is 10.5 Å². The minimum atomic E-state index is -0.0361. The van der Waals surface area contributed by atoms with Gasteiger partial charge in [-0.15, -0.1) is 11.3 Å². The van der Waals surface area contributed by atoms with Crippen LogP contribution in [-0.4, -0.2) is 23.9 Å². The molecule has 1 aromatic heterocycles. The molecular weight excluding hydrogens is 448 g/mol. The van der Waals surface area contributed by atoms with Gasteiger partial charge in [0.25, 0.3) is 5.91 Å². The fraction of sp³-hybridized carbons (Fsp3) is 0.261. The zero-order valence-electron chi connectivity index (χ0n) is 16.4. The van der Waals surface area contributed by atoms with Crippen molar-refractivity contribution in [3.8, 4) is 5.75 Å². The van der Waals surface area contributed by atoms with Gasteiger partial charge in [-0.1, -0.05) is 42.5 Å². The SMILES string of the molecule is Cc1cc(Br)sc1CN(CCCN)C(=O)c1ccccc1OCc1ccccc1. The summed E-state index contributed by atoms with van der Waals surface area (Å²) < 4.78 is 7.07. The van der Waals surface area contributed by atoms with Gasteiger partial charge in [-0.3, -0.25) is 4.79 Å². The summed E-state index contributed by atoms with van der Waals surface area (Å²) in [4.78, 5) is 16.4. The Morgan fingerprint density at radius 1 is 1.14 bits per heavy atom. The zero-order chi connectivity index (χ0) is 20.6. The minimum absolute atomic E-state index is 0.0361. The Morgan fingerprint density at radius 2 is 1.86 bits per heavy atom. The Kier molecular flexibility index (Phi) is 7.86. The highest BCUT2D eigenvalue weighted by atomic mass is 79.9. The molecule has 6 heteroatoms. The molecule has 29 heavy (non-hydrogen) atoms. The third-order valence-electron chi connectivity index (χ3n) is 4.60.